The Morgan fingerprint density at radius 1 is 1.47 bits per heavy atom. The Hall–Kier alpha value is -1.88. The van der Waals surface area contributed by atoms with Crippen LogP contribution in [-0.4, -0.2) is 22.2 Å². The molecule has 0 bridgehead atoms. The fraction of sp³-hybridized carbons (Fsp3) is 0.231. The van der Waals surface area contributed by atoms with Crippen LogP contribution in [0.5, 0.6) is 0 Å². The Labute approximate surface area is 115 Å². The van der Waals surface area contributed by atoms with E-state index < -0.39 is 5.82 Å². The molecule has 0 aliphatic rings. The van der Waals surface area contributed by atoms with Crippen molar-refractivity contribution in [2.24, 2.45) is 7.05 Å². The van der Waals surface area contributed by atoms with E-state index in [4.69, 9.17) is 11.6 Å². The molecule has 19 heavy (non-hydrogen) atoms. The molecule has 2 rings (SSSR count). The van der Waals surface area contributed by atoms with E-state index in [9.17, 15) is 9.18 Å². The summed E-state index contributed by atoms with van der Waals surface area (Å²) in [6, 6.07) is 5.84. The normalized spacial score (nSPS) is 10.5. The highest BCUT2D eigenvalue weighted by Crippen LogP contribution is 2.24. The molecule has 1 heterocycles. The van der Waals surface area contributed by atoms with E-state index in [0.717, 1.165) is 0 Å². The average molecular weight is 282 g/mol. The van der Waals surface area contributed by atoms with Gasteiger partial charge in [-0.15, -0.1) is 0 Å². The van der Waals surface area contributed by atoms with Crippen molar-refractivity contribution in [1.82, 2.24) is 9.78 Å². The molecule has 1 aromatic heterocycles. The largest absolute Gasteiger partial charge is 0.304 e. The molecule has 0 saturated heterocycles. The second kappa shape index (κ2) is 5.40. The van der Waals surface area contributed by atoms with Gasteiger partial charge >= 0.3 is 0 Å². The number of hydrogen-bond acceptors (Lipinski definition) is 2. The summed E-state index contributed by atoms with van der Waals surface area (Å²) in [5.74, 6) is -0.825. The van der Waals surface area contributed by atoms with Gasteiger partial charge in [0.25, 0.3) is 5.91 Å². The van der Waals surface area contributed by atoms with Gasteiger partial charge in [-0.05, 0) is 31.2 Å². The molecule has 6 heteroatoms. The summed E-state index contributed by atoms with van der Waals surface area (Å²) in [5.41, 5.74) is 0.606. The third-order valence-electron chi connectivity index (χ3n) is 2.80. The van der Waals surface area contributed by atoms with Crippen molar-refractivity contribution >= 4 is 23.2 Å². The lowest BCUT2D eigenvalue weighted by Gasteiger charge is -2.21. The average Bonchev–Trinajstić information content (AvgIpc) is 2.78. The van der Waals surface area contributed by atoms with Gasteiger partial charge in [-0.2, -0.15) is 5.10 Å². The highest BCUT2D eigenvalue weighted by molar-refractivity contribution is 6.30. The molecule has 2 aromatic rings. The molecular formula is C13H13ClFN3O. The molecular weight excluding hydrogens is 269 g/mol. The summed E-state index contributed by atoms with van der Waals surface area (Å²) < 4.78 is 15.3. The Morgan fingerprint density at radius 3 is 2.74 bits per heavy atom. The number of anilines is 1. The zero-order valence-corrected chi connectivity index (χ0v) is 11.4. The zero-order chi connectivity index (χ0) is 14.0. The number of carbonyl (C=O) groups is 1. The Bertz CT molecular complexity index is 612. The van der Waals surface area contributed by atoms with Crippen molar-refractivity contribution in [1.29, 1.82) is 0 Å². The van der Waals surface area contributed by atoms with E-state index in [0.29, 0.717) is 17.3 Å². The minimum Gasteiger partial charge on any atom is -0.304 e. The third kappa shape index (κ3) is 2.61. The van der Waals surface area contributed by atoms with Crippen LogP contribution in [0.3, 0.4) is 0 Å². The van der Waals surface area contributed by atoms with Gasteiger partial charge in [0.05, 0.1) is 5.69 Å². The summed E-state index contributed by atoms with van der Waals surface area (Å²) in [4.78, 5) is 13.7. The number of nitrogens with zero attached hydrogens (tertiary/aromatic N) is 3. The van der Waals surface area contributed by atoms with Gasteiger partial charge < -0.3 is 4.90 Å². The van der Waals surface area contributed by atoms with Crippen LogP contribution in [0.4, 0.5) is 10.1 Å². The first kappa shape index (κ1) is 13.5. The number of amides is 1. The van der Waals surface area contributed by atoms with E-state index in [1.165, 1.54) is 27.9 Å². The lowest BCUT2D eigenvalue weighted by atomic mass is 10.2. The molecule has 0 fully saturated rings. The van der Waals surface area contributed by atoms with Crippen LogP contribution in [0.25, 0.3) is 0 Å². The van der Waals surface area contributed by atoms with E-state index >= 15 is 0 Å². The molecule has 1 amide bonds. The topological polar surface area (TPSA) is 38.1 Å². The Balaban J connectivity index is 2.40. The molecule has 0 radical (unpaired) electrons. The van der Waals surface area contributed by atoms with Crippen molar-refractivity contribution in [2.75, 3.05) is 11.4 Å². The van der Waals surface area contributed by atoms with Crippen LogP contribution < -0.4 is 4.90 Å². The molecule has 1 aromatic carbocycles. The molecule has 0 N–H and O–H groups in total. The van der Waals surface area contributed by atoms with E-state index in [2.05, 4.69) is 5.10 Å². The van der Waals surface area contributed by atoms with Crippen LogP contribution in [-0.2, 0) is 7.05 Å². The summed E-state index contributed by atoms with van der Waals surface area (Å²) in [6.07, 6.45) is 1.53. The van der Waals surface area contributed by atoms with Gasteiger partial charge in [-0.25, -0.2) is 4.39 Å². The van der Waals surface area contributed by atoms with Gasteiger partial charge in [0.1, 0.15) is 11.5 Å². The van der Waals surface area contributed by atoms with Gasteiger partial charge in [0.15, 0.2) is 0 Å². The predicted molar refractivity (Wildman–Crippen MR) is 72.0 cm³/mol. The minimum atomic E-state index is -0.523. The first-order chi connectivity index (χ1) is 9.04. The van der Waals surface area contributed by atoms with Gasteiger partial charge in [-0.3, -0.25) is 9.48 Å². The minimum absolute atomic E-state index is 0.207. The van der Waals surface area contributed by atoms with Crippen LogP contribution >= 0.6 is 11.6 Å². The second-order valence-corrected chi connectivity index (χ2v) is 4.42. The summed E-state index contributed by atoms with van der Waals surface area (Å²) >= 11 is 5.71. The van der Waals surface area contributed by atoms with E-state index in [1.54, 1.807) is 26.1 Å². The summed E-state index contributed by atoms with van der Waals surface area (Å²) in [6.45, 7) is 2.13. The van der Waals surface area contributed by atoms with Crippen molar-refractivity contribution in [3.8, 4) is 0 Å². The highest BCUT2D eigenvalue weighted by Gasteiger charge is 2.21. The van der Waals surface area contributed by atoms with Crippen LogP contribution in [0.2, 0.25) is 5.02 Å². The third-order valence-corrected chi connectivity index (χ3v) is 3.04. The lowest BCUT2D eigenvalue weighted by Crippen LogP contribution is -2.32. The molecule has 0 unspecified atom stereocenters. The molecule has 4 nitrogen and oxygen atoms in total. The lowest BCUT2D eigenvalue weighted by molar-refractivity contribution is 0.0978. The Kier molecular flexibility index (Phi) is 3.85. The SMILES string of the molecule is CCN(C(=O)c1ccnn1C)c1ccc(Cl)cc1F. The number of aromatic nitrogens is 2. The maximum absolute atomic E-state index is 13.9. The number of aryl methyl sites for hydroxylation is 1. The molecule has 0 aliphatic carbocycles. The van der Waals surface area contributed by atoms with Crippen LogP contribution in [0, 0.1) is 5.82 Å². The number of hydrogen-bond donors (Lipinski definition) is 0. The van der Waals surface area contributed by atoms with Crippen LogP contribution in [0.1, 0.15) is 17.4 Å². The fourth-order valence-electron chi connectivity index (χ4n) is 1.85. The van der Waals surface area contributed by atoms with E-state index in [-0.39, 0.29) is 11.6 Å². The molecule has 0 atom stereocenters. The highest BCUT2D eigenvalue weighted by atomic mass is 35.5. The maximum atomic E-state index is 13.9. The summed E-state index contributed by atoms with van der Waals surface area (Å²) in [7, 11) is 1.67. The first-order valence-electron chi connectivity index (χ1n) is 5.79. The molecule has 100 valence electrons. The number of benzene rings is 1. The first-order valence-corrected chi connectivity index (χ1v) is 6.17. The standard InChI is InChI=1S/C13H13ClFN3O/c1-3-18(11-5-4-9(14)8-10(11)15)13(19)12-6-7-16-17(12)2/h4-8H,3H2,1-2H3. The van der Waals surface area contributed by atoms with Crippen molar-refractivity contribution in [3.05, 3.63) is 47.0 Å². The van der Waals surface area contributed by atoms with E-state index in [1.807, 2.05) is 0 Å². The molecule has 0 spiro atoms. The fourth-order valence-corrected chi connectivity index (χ4v) is 2.00. The number of halogens is 2. The maximum Gasteiger partial charge on any atom is 0.276 e. The monoisotopic (exact) mass is 281 g/mol. The van der Waals surface area contributed by atoms with Gasteiger partial charge in [0, 0.05) is 24.8 Å². The zero-order valence-electron chi connectivity index (χ0n) is 10.6. The smallest absolute Gasteiger partial charge is 0.276 e. The van der Waals surface area contributed by atoms with Crippen molar-refractivity contribution in [3.63, 3.8) is 0 Å². The van der Waals surface area contributed by atoms with Crippen LogP contribution in [0.15, 0.2) is 30.5 Å². The summed E-state index contributed by atoms with van der Waals surface area (Å²) in [5, 5.41) is 4.24. The molecule has 0 saturated carbocycles. The quantitative estimate of drug-likeness (QED) is 0.868. The van der Waals surface area contributed by atoms with Crippen molar-refractivity contribution in [2.45, 2.75) is 6.92 Å². The van der Waals surface area contributed by atoms with Gasteiger partial charge in [-0.1, -0.05) is 11.6 Å². The Morgan fingerprint density at radius 2 is 2.21 bits per heavy atom. The number of rotatable bonds is 3. The van der Waals surface area contributed by atoms with Crippen molar-refractivity contribution < 1.29 is 9.18 Å². The second-order valence-electron chi connectivity index (χ2n) is 3.99. The predicted octanol–water partition coefficient (Wildman–Crippen LogP) is 2.88. The molecule has 0 aliphatic heterocycles. The number of carbonyl (C=O) groups excluding carboxylic acids is 1. The van der Waals surface area contributed by atoms with Gasteiger partial charge in [0.2, 0.25) is 0 Å².